The largest absolute Gasteiger partial charge is 0.380 e. The minimum absolute atomic E-state index is 0.0751. The van der Waals surface area contributed by atoms with E-state index in [4.69, 9.17) is 14.6 Å². The Morgan fingerprint density at radius 1 is 1.25 bits per heavy atom. The number of nitrogens with zero attached hydrogens (tertiary/aromatic N) is 2. The predicted octanol–water partition coefficient (Wildman–Crippen LogP) is 2.23. The van der Waals surface area contributed by atoms with Gasteiger partial charge in [-0.3, -0.25) is 9.79 Å². The lowest BCUT2D eigenvalue weighted by atomic mass is 9.80. The van der Waals surface area contributed by atoms with Crippen LogP contribution in [-0.4, -0.2) is 47.8 Å². The number of carbonyl (C=O) groups is 2. The second-order valence-corrected chi connectivity index (χ2v) is 8.13. The first-order valence-corrected chi connectivity index (χ1v) is 9.79. The maximum absolute atomic E-state index is 12.3. The van der Waals surface area contributed by atoms with Crippen molar-refractivity contribution in [2.24, 2.45) is 5.92 Å². The van der Waals surface area contributed by atoms with Crippen molar-refractivity contribution in [2.75, 3.05) is 20.2 Å². The quantitative estimate of drug-likeness (QED) is 0.580. The number of aromatic nitrogens is 1. The van der Waals surface area contributed by atoms with Crippen LogP contribution in [0.4, 0.5) is 0 Å². The minimum atomic E-state index is -0.788. The van der Waals surface area contributed by atoms with Crippen molar-refractivity contribution in [1.82, 2.24) is 9.63 Å². The van der Waals surface area contributed by atoms with Gasteiger partial charge < -0.3 is 4.84 Å². The number of rotatable bonds is 0. The van der Waals surface area contributed by atoms with E-state index in [9.17, 15) is 9.59 Å². The molecule has 3 heterocycles. The molecule has 6 bridgehead atoms. The van der Waals surface area contributed by atoms with Crippen molar-refractivity contribution in [3.63, 3.8) is 0 Å². The zero-order valence-electron chi connectivity index (χ0n) is 15.1. The molecule has 5 rings (SSSR count). The van der Waals surface area contributed by atoms with Crippen molar-refractivity contribution >= 4 is 44.3 Å². The third-order valence-electron chi connectivity index (χ3n) is 5.47. The van der Waals surface area contributed by atoms with Gasteiger partial charge in [0.1, 0.15) is 11.1 Å². The summed E-state index contributed by atoms with van der Waals surface area (Å²) in [6, 6.07) is 6.23. The molecule has 2 atom stereocenters. The molecule has 0 saturated carbocycles. The molecule has 1 aromatic heterocycles. The first-order valence-electron chi connectivity index (χ1n) is 9.00. The van der Waals surface area contributed by atoms with Crippen molar-refractivity contribution in [3.05, 3.63) is 52.2 Å². The molecule has 0 saturated heterocycles. The highest BCUT2D eigenvalue weighted by Crippen LogP contribution is 2.41. The monoisotopic (exact) mass is 444 g/mol. The molecule has 8 heteroatoms. The van der Waals surface area contributed by atoms with Crippen LogP contribution in [0.1, 0.15) is 11.1 Å². The molecule has 1 aromatic carbocycles. The third-order valence-corrected chi connectivity index (χ3v) is 6.02. The number of carbonyl (C=O) groups excluding carboxylic acids is 2. The van der Waals surface area contributed by atoms with Gasteiger partial charge in [-0.15, -0.1) is 0 Å². The maximum atomic E-state index is 12.3. The highest BCUT2D eigenvalue weighted by molar-refractivity contribution is 9.12. The van der Waals surface area contributed by atoms with Gasteiger partial charge >= 0.3 is 11.9 Å². The topological polar surface area (TPSA) is 70.0 Å². The van der Waals surface area contributed by atoms with Crippen LogP contribution in [0.25, 0.3) is 16.5 Å². The Balaban J connectivity index is 1.70. The Labute approximate surface area is 169 Å². The molecule has 0 radical (unpaired) electrons. The van der Waals surface area contributed by atoms with E-state index in [-0.39, 0.29) is 23.0 Å². The van der Waals surface area contributed by atoms with Gasteiger partial charge in [0.25, 0.3) is 0 Å². The number of halogens is 1. The number of likely N-dealkylation sites (N-methyl/N-ethyl adjacent to an activating group) is 1. The lowest BCUT2D eigenvalue weighted by Crippen LogP contribution is -2.43. The van der Waals surface area contributed by atoms with E-state index >= 15 is 0 Å². The lowest BCUT2D eigenvalue weighted by Gasteiger charge is -2.39. The van der Waals surface area contributed by atoms with Crippen LogP contribution < -0.4 is 4.84 Å². The van der Waals surface area contributed by atoms with Crippen molar-refractivity contribution < 1.29 is 24.2 Å². The number of hydrogen-bond donors (Lipinski definition) is 0. The number of hydrogen-bond acceptors (Lipinski definition) is 6. The molecule has 3 aliphatic rings. The van der Waals surface area contributed by atoms with Gasteiger partial charge in [-0.25, -0.2) is 9.59 Å². The molecule has 7 nitrogen and oxygen atoms in total. The van der Waals surface area contributed by atoms with Gasteiger partial charge in [0.2, 0.25) is 0 Å². The lowest BCUT2D eigenvalue weighted by molar-refractivity contribution is -0.272. The molecule has 2 aliphatic heterocycles. The molecule has 0 spiro atoms. The summed E-state index contributed by atoms with van der Waals surface area (Å²) in [6.45, 7) is 1.03. The minimum Gasteiger partial charge on any atom is -0.332 e. The first kappa shape index (κ1) is 17.7. The molecule has 0 amide bonds. The summed E-state index contributed by atoms with van der Waals surface area (Å²) in [5.41, 5.74) is 4.32. The summed E-state index contributed by atoms with van der Waals surface area (Å²) in [5, 5.41) is 1.10. The summed E-state index contributed by atoms with van der Waals surface area (Å²) >= 11 is 3.04. The van der Waals surface area contributed by atoms with Crippen LogP contribution in [-0.2, 0) is 25.8 Å². The van der Waals surface area contributed by atoms with Crippen LogP contribution in [0, 0.1) is 5.92 Å². The summed E-state index contributed by atoms with van der Waals surface area (Å²) in [5.74, 6) is -1.40. The molecule has 1 aliphatic carbocycles. The maximum Gasteiger partial charge on any atom is 0.380 e. The predicted molar refractivity (Wildman–Crippen MR) is 104 cm³/mol. The number of benzene rings is 1. The normalized spacial score (nSPS) is 27.1. The molecule has 0 N–H and O–H groups in total. The molecular weight excluding hydrogens is 428 g/mol. The molecule has 0 unspecified atom stereocenters. The van der Waals surface area contributed by atoms with Crippen LogP contribution in [0.15, 0.2) is 41.0 Å². The summed E-state index contributed by atoms with van der Waals surface area (Å²) in [7, 11) is 2.08. The second-order valence-electron chi connectivity index (χ2n) is 7.28. The zero-order chi connectivity index (χ0) is 19.4. The van der Waals surface area contributed by atoms with Gasteiger partial charge in [-0.2, -0.15) is 9.62 Å². The molecule has 28 heavy (non-hydrogen) atoms. The number of fused-ring (bicyclic) bond motifs is 1. The van der Waals surface area contributed by atoms with Gasteiger partial charge in [0.05, 0.1) is 5.52 Å². The van der Waals surface area contributed by atoms with Crippen LogP contribution in [0.2, 0.25) is 0 Å². The van der Waals surface area contributed by atoms with Crippen LogP contribution in [0.5, 0.6) is 0 Å². The molecular formula is C20H17BrN2O5. The van der Waals surface area contributed by atoms with E-state index in [0.29, 0.717) is 0 Å². The highest BCUT2D eigenvalue weighted by atomic mass is 79.9. The standard InChI is InChI=1S/C20H17BrN2O5/c1-22-8-11-5-14-13-3-2-4-16-19(13)12(6-17(14)22)9-23(16)27-18(24)7-15(21)20(25)28-26-10-11/h2-5,7,9,11,17H,6,8,10H2,1H3/b15-7-/t11-,17-/m1/s1. The Bertz CT molecular complexity index is 1070. The SMILES string of the molecule is CN1C[C@H]2C=C3c4cccc5c4c(cn5OC(=O)/C=C(\Br)C(=O)OOC2)C[C@H]31. The Morgan fingerprint density at radius 2 is 2.11 bits per heavy atom. The van der Waals surface area contributed by atoms with E-state index in [0.717, 1.165) is 41.1 Å². The Kier molecular flexibility index (Phi) is 4.15. The summed E-state index contributed by atoms with van der Waals surface area (Å²) < 4.78 is 1.40. The third kappa shape index (κ3) is 2.80. The molecule has 0 fully saturated rings. The zero-order valence-corrected chi connectivity index (χ0v) is 16.6. The van der Waals surface area contributed by atoms with Gasteiger partial charge in [-0.1, -0.05) is 18.2 Å². The van der Waals surface area contributed by atoms with Gasteiger partial charge in [0.15, 0.2) is 0 Å². The first-order chi connectivity index (χ1) is 13.5. The summed E-state index contributed by atoms with van der Waals surface area (Å²) in [6.07, 6.45) is 5.94. The smallest absolute Gasteiger partial charge is 0.332 e. The van der Waals surface area contributed by atoms with Crippen molar-refractivity contribution in [1.29, 1.82) is 0 Å². The van der Waals surface area contributed by atoms with Crippen LogP contribution in [0.3, 0.4) is 0 Å². The second kappa shape index (κ2) is 6.58. The van der Waals surface area contributed by atoms with E-state index in [1.807, 2.05) is 18.3 Å². The average molecular weight is 445 g/mol. The Hall–Kier alpha value is -2.42. The van der Waals surface area contributed by atoms with E-state index in [2.05, 4.69) is 40.0 Å². The summed E-state index contributed by atoms with van der Waals surface area (Å²) in [4.78, 5) is 42.0. The van der Waals surface area contributed by atoms with Gasteiger partial charge in [-0.05, 0) is 52.2 Å². The fourth-order valence-electron chi connectivity index (χ4n) is 4.30. The van der Waals surface area contributed by atoms with Crippen molar-refractivity contribution in [3.8, 4) is 0 Å². The van der Waals surface area contributed by atoms with E-state index in [1.54, 1.807) is 0 Å². The molecule has 2 aromatic rings. The van der Waals surface area contributed by atoms with Crippen LogP contribution >= 0.6 is 15.9 Å². The Morgan fingerprint density at radius 3 is 2.96 bits per heavy atom. The highest BCUT2D eigenvalue weighted by Gasteiger charge is 2.35. The van der Waals surface area contributed by atoms with Gasteiger partial charge in [0, 0.05) is 36.2 Å². The molecule has 144 valence electrons. The fourth-order valence-corrected chi connectivity index (χ4v) is 4.56. The van der Waals surface area contributed by atoms with E-state index in [1.165, 1.54) is 10.3 Å². The average Bonchev–Trinajstić information content (AvgIpc) is 3.00. The van der Waals surface area contributed by atoms with E-state index < -0.39 is 11.9 Å². The fraction of sp³-hybridized carbons (Fsp3) is 0.300. The van der Waals surface area contributed by atoms with Crippen molar-refractivity contribution in [2.45, 2.75) is 12.5 Å².